The number of nitrogens with one attached hydrogen (secondary N) is 1. The second-order valence-electron chi connectivity index (χ2n) is 6.25. The lowest BCUT2D eigenvalue weighted by Crippen LogP contribution is -2.23. The van der Waals surface area contributed by atoms with Gasteiger partial charge in [-0.2, -0.15) is 0 Å². The molecule has 4 heteroatoms. The zero-order chi connectivity index (χ0) is 14.9. The maximum Gasteiger partial charge on any atom is 0.354 e. The fourth-order valence-corrected chi connectivity index (χ4v) is 3.15. The first kappa shape index (κ1) is 13.9. The molecule has 1 aromatic carbocycles. The normalized spacial score (nSPS) is 17.0. The van der Waals surface area contributed by atoms with E-state index in [1.807, 2.05) is 24.3 Å². The third-order valence-electron chi connectivity index (χ3n) is 4.45. The van der Waals surface area contributed by atoms with Gasteiger partial charge < -0.3 is 10.4 Å². The highest BCUT2D eigenvalue weighted by atomic mass is 16.4. The average Bonchev–Trinajstić information content (AvgIpc) is 2.91. The van der Waals surface area contributed by atoms with Crippen LogP contribution in [0.4, 0.5) is 5.69 Å². The number of para-hydroxylation sites is 1. The molecule has 0 amide bonds. The molecule has 0 saturated heterocycles. The minimum absolute atomic E-state index is 0.0905. The number of hydrogen-bond donors (Lipinski definition) is 2. The van der Waals surface area contributed by atoms with Crippen molar-refractivity contribution in [3.05, 3.63) is 36.0 Å². The molecule has 1 aromatic heterocycles. The van der Waals surface area contributed by atoms with Gasteiger partial charge in [-0.3, -0.25) is 0 Å². The molecule has 1 aliphatic rings. The third kappa shape index (κ3) is 2.84. The predicted molar refractivity (Wildman–Crippen MR) is 83.8 cm³/mol. The summed E-state index contributed by atoms with van der Waals surface area (Å²) in [5.41, 5.74) is 1.99. The number of aromatic carboxylic acids is 1. The van der Waals surface area contributed by atoms with Gasteiger partial charge in [-0.15, -0.1) is 0 Å². The summed E-state index contributed by atoms with van der Waals surface area (Å²) in [4.78, 5) is 15.4. The topological polar surface area (TPSA) is 62.2 Å². The summed E-state index contributed by atoms with van der Waals surface area (Å²) in [6.45, 7) is 3.18. The van der Waals surface area contributed by atoms with Gasteiger partial charge >= 0.3 is 5.97 Å². The van der Waals surface area contributed by atoms with Gasteiger partial charge in [-0.05, 0) is 30.4 Å². The van der Waals surface area contributed by atoms with E-state index in [9.17, 15) is 9.90 Å². The van der Waals surface area contributed by atoms with Gasteiger partial charge in [-0.25, -0.2) is 9.78 Å². The van der Waals surface area contributed by atoms with E-state index in [1.54, 1.807) is 6.07 Å². The standard InChI is InChI=1S/C17H20N2O2/c1-17(8-4-5-9-17)11-18-14-10-15(16(20)21)19-13-7-3-2-6-12(13)14/h2-3,6-7,10H,4-5,8-9,11H2,1H3,(H,18,19)(H,20,21). The number of rotatable bonds is 4. The summed E-state index contributed by atoms with van der Waals surface area (Å²) in [7, 11) is 0. The smallest absolute Gasteiger partial charge is 0.354 e. The quantitative estimate of drug-likeness (QED) is 0.893. The fraction of sp³-hybridized carbons (Fsp3) is 0.412. The van der Waals surface area contributed by atoms with Crippen LogP contribution in [0.3, 0.4) is 0 Å². The summed E-state index contributed by atoms with van der Waals surface area (Å²) in [6.07, 6.45) is 5.04. The van der Waals surface area contributed by atoms with E-state index in [4.69, 9.17) is 0 Å². The monoisotopic (exact) mass is 284 g/mol. The Morgan fingerprint density at radius 2 is 2.05 bits per heavy atom. The van der Waals surface area contributed by atoms with Crippen LogP contribution in [0, 0.1) is 5.41 Å². The van der Waals surface area contributed by atoms with E-state index in [0.29, 0.717) is 5.41 Å². The molecule has 3 rings (SSSR count). The number of carbonyl (C=O) groups is 1. The molecule has 0 radical (unpaired) electrons. The molecular weight excluding hydrogens is 264 g/mol. The number of hydrogen-bond acceptors (Lipinski definition) is 3. The van der Waals surface area contributed by atoms with Crippen LogP contribution in [0.5, 0.6) is 0 Å². The molecular formula is C17H20N2O2. The second-order valence-corrected chi connectivity index (χ2v) is 6.25. The Morgan fingerprint density at radius 1 is 1.33 bits per heavy atom. The van der Waals surface area contributed by atoms with Gasteiger partial charge in [0.2, 0.25) is 0 Å². The predicted octanol–water partition coefficient (Wildman–Crippen LogP) is 3.93. The minimum Gasteiger partial charge on any atom is -0.477 e. The van der Waals surface area contributed by atoms with Gasteiger partial charge in [0, 0.05) is 17.6 Å². The van der Waals surface area contributed by atoms with Crippen molar-refractivity contribution < 1.29 is 9.90 Å². The molecule has 0 aliphatic heterocycles. The Bertz CT molecular complexity index is 676. The second kappa shape index (κ2) is 5.35. The highest BCUT2D eigenvalue weighted by Gasteiger charge is 2.28. The number of pyridine rings is 1. The fourth-order valence-electron chi connectivity index (χ4n) is 3.15. The van der Waals surface area contributed by atoms with Crippen LogP contribution in [0.15, 0.2) is 30.3 Å². The Labute approximate surface area is 124 Å². The van der Waals surface area contributed by atoms with Gasteiger partial charge in [-0.1, -0.05) is 38.0 Å². The number of aromatic nitrogens is 1. The number of carboxylic acid groups (broad SMARTS) is 1. The number of benzene rings is 1. The maximum atomic E-state index is 11.2. The summed E-state index contributed by atoms with van der Waals surface area (Å²) < 4.78 is 0. The summed E-state index contributed by atoms with van der Waals surface area (Å²) in [5.74, 6) is -0.990. The summed E-state index contributed by atoms with van der Waals surface area (Å²) >= 11 is 0. The lowest BCUT2D eigenvalue weighted by Gasteiger charge is -2.25. The molecule has 110 valence electrons. The van der Waals surface area contributed by atoms with Crippen LogP contribution < -0.4 is 5.32 Å². The molecule has 21 heavy (non-hydrogen) atoms. The van der Waals surface area contributed by atoms with E-state index in [0.717, 1.165) is 23.1 Å². The average molecular weight is 284 g/mol. The van der Waals surface area contributed by atoms with Crippen LogP contribution in [0.1, 0.15) is 43.1 Å². The lowest BCUT2D eigenvalue weighted by molar-refractivity contribution is 0.0691. The van der Waals surface area contributed by atoms with Crippen molar-refractivity contribution in [3.8, 4) is 0 Å². The molecule has 1 aliphatic carbocycles. The molecule has 2 aromatic rings. The van der Waals surface area contributed by atoms with Gasteiger partial charge in [0.1, 0.15) is 0 Å². The van der Waals surface area contributed by atoms with E-state index >= 15 is 0 Å². The summed E-state index contributed by atoms with van der Waals surface area (Å²) in [6, 6.07) is 9.30. The Kier molecular flexibility index (Phi) is 3.53. The molecule has 1 fully saturated rings. The maximum absolute atomic E-state index is 11.2. The van der Waals surface area contributed by atoms with E-state index < -0.39 is 5.97 Å². The zero-order valence-corrected chi connectivity index (χ0v) is 12.2. The zero-order valence-electron chi connectivity index (χ0n) is 12.2. The van der Waals surface area contributed by atoms with Crippen molar-refractivity contribution in [2.24, 2.45) is 5.41 Å². The first-order chi connectivity index (χ1) is 10.1. The van der Waals surface area contributed by atoms with Crippen LogP contribution in [-0.2, 0) is 0 Å². The molecule has 0 atom stereocenters. The summed E-state index contributed by atoms with van der Waals surface area (Å²) in [5, 5.41) is 13.6. The Morgan fingerprint density at radius 3 is 2.76 bits per heavy atom. The number of carboxylic acids is 1. The Hall–Kier alpha value is -2.10. The van der Waals surface area contributed by atoms with Crippen molar-refractivity contribution in [1.29, 1.82) is 0 Å². The van der Waals surface area contributed by atoms with Crippen molar-refractivity contribution in [3.63, 3.8) is 0 Å². The highest BCUT2D eigenvalue weighted by Crippen LogP contribution is 2.38. The van der Waals surface area contributed by atoms with Gasteiger partial charge in [0.25, 0.3) is 0 Å². The largest absolute Gasteiger partial charge is 0.477 e. The van der Waals surface area contributed by atoms with Crippen molar-refractivity contribution in [1.82, 2.24) is 4.98 Å². The lowest BCUT2D eigenvalue weighted by atomic mass is 9.89. The molecule has 2 N–H and O–H groups in total. The number of anilines is 1. The first-order valence-electron chi connectivity index (χ1n) is 7.44. The van der Waals surface area contributed by atoms with Crippen LogP contribution in [-0.4, -0.2) is 22.6 Å². The Balaban J connectivity index is 1.94. The van der Waals surface area contributed by atoms with Crippen LogP contribution in [0.2, 0.25) is 0 Å². The first-order valence-corrected chi connectivity index (χ1v) is 7.44. The number of fused-ring (bicyclic) bond motifs is 1. The molecule has 4 nitrogen and oxygen atoms in total. The van der Waals surface area contributed by atoms with Gasteiger partial charge in [0.15, 0.2) is 5.69 Å². The van der Waals surface area contributed by atoms with E-state index in [1.165, 1.54) is 25.7 Å². The van der Waals surface area contributed by atoms with Crippen LogP contribution in [0.25, 0.3) is 10.9 Å². The SMILES string of the molecule is CC1(CNc2cc(C(=O)O)nc3ccccc23)CCCC1. The molecule has 1 heterocycles. The molecule has 0 unspecified atom stereocenters. The number of nitrogens with zero attached hydrogens (tertiary/aromatic N) is 1. The van der Waals surface area contributed by atoms with Crippen molar-refractivity contribution in [2.45, 2.75) is 32.6 Å². The van der Waals surface area contributed by atoms with Crippen LogP contribution >= 0.6 is 0 Å². The van der Waals surface area contributed by atoms with E-state index in [2.05, 4.69) is 17.2 Å². The minimum atomic E-state index is -0.990. The molecule has 1 saturated carbocycles. The molecule has 0 bridgehead atoms. The highest BCUT2D eigenvalue weighted by molar-refractivity contribution is 5.97. The third-order valence-corrected chi connectivity index (χ3v) is 4.45. The van der Waals surface area contributed by atoms with Gasteiger partial charge in [0.05, 0.1) is 5.52 Å². The van der Waals surface area contributed by atoms with E-state index in [-0.39, 0.29) is 5.69 Å². The molecule has 0 spiro atoms. The van der Waals surface area contributed by atoms with Crippen molar-refractivity contribution in [2.75, 3.05) is 11.9 Å². The van der Waals surface area contributed by atoms with Crippen molar-refractivity contribution >= 4 is 22.6 Å².